The predicted octanol–water partition coefficient (Wildman–Crippen LogP) is 3.44. The van der Waals surface area contributed by atoms with Gasteiger partial charge in [-0.05, 0) is 18.6 Å². The predicted molar refractivity (Wildman–Crippen MR) is 117 cm³/mol. The van der Waals surface area contributed by atoms with Crippen LogP contribution in [0.1, 0.15) is 23.0 Å². The van der Waals surface area contributed by atoms with Gasteiger partial charge in [-0.15, -0.1) is 0 Å². The fraction of sp³-hybridized carbons (Fsp3) is 0.333. The second-order valence-electron chi connectivity index (χ2n) is 7.71. The van der Waals surface area contributed by atoms with E-state index in [2.05, 4.69) is 34.2 Å². The molecule has 0 aliphatic carbocycles. The van der Waals surface area contributed by atoms with Gasteiger partial charge in [-0.1, -0.05) is 60.7 Å². The Morgan fingerprint density at radius 1 is 1.10 bits per heavy atom. The number of nitrogens with zero attached hydrogens (tertiary/aromatic N) is 3. The third-order valence-electron chi connectivity index (χ3n) is 5.49. The van der Waals surface area contributed by atoms with Crippen LogP contribution in [0.2, 0.25) is 0 Å². The van der Waals surface area contributed by atoms with Crippen molar-refractivity contribution >= 4 is 5.91 Å². The van der Waals surface area contributed by atoms with E-state index in [9.17, 15) is 4.79 Å². The third-order valence-corrected chi connectivity index (χ3v) is 5.49. The molecule has 6 nitrogen and oxygen atoms in total. The highest BCUT2D eigenvalue weighted by Gasteiger charge is 2.26. The topological polar surface area (TPSA) is 61.5 Å². The van der Waals surface area contributed by atoms with Gasteiger partial charge in [-0.25, -0.2) is 0 Å². The zero-order valence-electron chi connectivity index (χ0n) is 17.3. The van der Waals surface area contributed by atoms with Gasteiger partial charge in [-0.2, -0.15) is 5.10 Å². The van der Waals surface area contributed by atoms with Crippen LogP contribution < -0.4 is 0 Å². The SMILES string of the molecule is CC(CN1CCOCC1)N(Cc1ccccc1)C(=O)c1cc(-c2ccccc2)n[nH]1. The number of rotatable bonds is 7. The molecule has 4 rings (SSSR count). The van der Waals surface area contributed by atoms with Crippen molar-refractivity contribution in [3.05, 3.63) is 78.0 Å². The normalized spacial score (nSPS) is 15.6. The van der Waals surface area contributed by atoms with Crippen LogP contribution in [0.3, 0.4) is 0 Å². The minimum absolute atomic E-state index is 0.0331. The van der Waals surface area contributed by atoms with E-state index in [0.29, 0.717) is 12.2 Å². The number of nitrogens with one attached hydrogen (secondary N) is 1. The number of carbonyl (C=O) groups is 1. The van der Waals surface area contributed by atoms with Crippen LogP contribution >= 0.6 is 0 Å². The maximum atomic E-state index is 13.5. The van der Waals surface area contributed by atoms with Gasteiger partial charge in [0.05, 0.1) is 18.9 Å². The Morgan fingerprint density at radius 3 is 2.47 bits per heavy atom. The number of morpholine rings is 1. The summed E-state index contributed by atoms with van der Waals surface area (Å²) in [5.74, 6) is -0.0331. The molecule has 30 heavy (non-hydrogen) atoms. The highest BCUT2D eigenvalue weighted by atomic mass is 16.5. The van der Waals surface area contributed by atoms with Gasteiger partial charge in [0.1, 0.15) is 5.69 Å². The van der Waals surface area contributed by atoms with E-state index >= 15 is 0 Å². The van der Waals surface area contributed by atoms with E-state index < -0.39 is 0 Å². The van der Waals surface area contributed by atoms with Gasteiger partial charge in [0.25, 0.3) is 5.91 Å². The number of hydrogen-bond acceptors (Lipinski definition) is 4. The molecule has 1 aliphatic rings. The van der Waals surface area contributed by atoms with Crippen LogP contribution in [-0.4, -0.2) is 64.8 Å². The van der Waals surface area contributed by atoms with E-state index in [0.717, 1.165) is 49.7 Å². The smallest absolute Gasteiger partial charge is 0.272 e. The maximum absolute atomic E-state index is 13.5. The number of benzene rings is 2. The molecule has 1 unspecified atom stereocenters. The molecular weight excluding hydrogens is 376 g/mol. The molecule has 1 aliphatic heterocycles. The third kappa shape index (κ3) is 4.96. The minimum Gasteiger partial charge on any atom is -0.379 e. The first-order valence-corrected chi connectivity index (χ1v) is 10.5. The summed E-state index contributed by atoms with van der Waals surface area (Å²) in [7, 11) is 0. The van der Waals surface area contributed by atoms with Crippen molar-refractivity contribution < 1.29 is 9.53 Å². The Kier molecular flexibility index (Phi) is 6.57. The van der Waals surface area contributed by atoms with E-state index in [4.69, 9.17) is 4.74 Å². The first-order chi connectivity index (χ1) is 14.7. The molecule has 1 aromatic heterocycles. The lowest BCUT2D eigenvalue weighted by atomic mass is 10.1. The number of aromatic nitrogens is 2. The summed E-state index contributed by atoms with van der Waals surface area (Å²) in [4.78, 5) is 17.8. The molecule has 156 valence electrons. The zero-order chi connectivity index (χ0) is 20.8. The quantitative estimate of drug-likeness (QED) is 0.655. The molecule has 2 aromatic carbocycles. The second-order valence-corrected chi connectivity index (χ2v) is 7.71. The van der Waals surface area contributed by atoms with E-state index in [1.807, 2.05) is 59.5 Å². The number of ether oxygens (including phenoxy) is 1. The zero-order valence-corrected chi connectivity index (χ0v) is 17.3. The van der Waals surface area contributed by atoms with E-state index in [1.54, 1.807) is 0 Å². The Labute approximate surface area is 177 Å². The molecule has 1 N–H and O–H groups in total. The van der Waals surface area contributed by atoms with E-state index in [1.165, 1.54) is 0 Å². The first-order valence-electron chi connectivity index (χ1n) is 10.5. The lowest BCUT2D eigenvalue weighted by Crippen LogP contribution is -2.48. The summed E-state index contributed by atoms with van der Waals surface area (Å²) in [5, 5.41) is 7.33. The van der Waals surface area contributed by atoms with Crippen molar-refractivity contribution in [2.24, 2.45) is 0 Å². The standard InChI is InChI=1S/C24H28N4O2/c1-19(17-27-12-14-30-15-13-27)28(18-20-8-4-2-5-9-20)24(29)23-16-22(25-26-23)21-10-6-3-7-11-21/h2-11,16,19H,12-15,17-18H2,1H3,(H,25,26). The Hall–Kier alpha value is -2.96. The van der Waals surface area contributed by atoms with Crippen LogP contribution in [0.25, 0.3) is 11.3 Å². The van der Waals surface area contributed by atoms with E-state index in [-0.39, 0.29) is 11.9 Å². The Balaban J connectivity index is 1.54. The van der Waals surface area contributed by atoms with Crippen LogP contribution in [0, 0.1) is 0 Å². The molecule has 2 heterocycles. The van der Waals surface area contributed by atoms with Crippen molar-refractivity contribution in [1.29, 1.82) is 0 Å². The van der Waals surface area contributed by atoms with Gasteiger partial charge < -0.3 is 9.64 Å². The molecule has 1 fully saturated rings. The summed E-state index contributed by atoms with van der Waals surface area (Å²) >= 11 is 0. The van der Waals surface area contributed by atoms with Crippen molar-refractivity contribution in [1.82, 2.24) is 20.0 Å². The average molecular weight is 405 g/mol. The van der Waals surface area contributed by atoms with Crippen molar-refractivity contribution in [3.63, 3.8) is 0 Å². The van der Waals surface area contributed by atoms with Gasteiger partial charge in [0, 0.05) is 37.8 Å². The molecule has 0 saturated carbocycles. The molecule has 0 radical (unpaired) electrons. The van der Waals surface area contributed by atoms with Crippen molar-refractivity contribution in [2.75, 3.05) is 32.8 Å². The first kappa shape index (κ1) is 20.3. The number of aromatic amines is 1. The highest BCUT2D eigenvalue weighted by molar-refractivity contribution is 5.93. The van der Waals surface area contributed by atoms with Crippen LogP contribution in [0.5, 0.6) is 0 Å². The number of hydrogen-bond donors (Lipinski definition) is 1. The maximum Gasteiger partial charge on any atom is 0.272 e. The number of carbonyl (C=O) groups excluding carboxylic acids is 1. The molecule has 1 saturated heterocycles. The molecule has 1 amide bonds. The molecule has 0 spiro atoms. The van der Waals surface area contributed by atoms with Gasteiger partial charge in [0.2, 0.25) is 0 Å². The molecule has 0 bridgehead atoms. The van der Waals surface area contributed by atoms with Crippen molar-refractivity contribution in [2.45, 2.75) is 19.5 Å². The summed E-state index contributed by atoms with van der Waals surface area (Å²) < 4.78 is 5.46. The largest absolute Gasteiger partial charge is 0.379 e. The van der Waals surface area contributed by atoms with Gasteiger partial charge in [0.15, 0.2) is 0 Å². The average Bonchev–Trinajstić information content (AvgIpc) is 3.29. The summed E-state index contributed by atoms with van der Waals surface area (Å²) in [6, 6.07) is 21.9. The lowest BCUT2D eigenvalue weighted by Gasteiger charge is -2.35. The summed E-state index contributed by atoms with van der Waals surface area (Å²) in [5.41, 5.74) is 3.39. The fourth-order valence-electron chi connectivity index (χ4n) is 3.81. The highest BCUT2D eigenvalue weighted by Crippen LogP contribution is 2.20. The van der Waals surface area contributed by atoms with Crippen molar-refractivity contribution in [3.8, 4) is 11.3 Å². The minimum atomic E-state index is -0.0331. The Bertz CT molecular complexity index is 936. The lowest BCUT2D eigenvalue weighted by molar-refractivity contribution is 0.0227. The van der Waals surface area contributed by atoms with Crippen LogP contribution in [0.15, 0.2) is 66.7 Å². The van der Waals surface area contributed by atoms with Gasteiger partial charge >= 0.3 is 0 Å². The monoisotopic (exact) mass is 404 g/mol. The van der Waals surface area contributed by atoms with Crippen LogP contribution in [-0.2, 0) is 11.3 Å². The molecule has 6 heteroatoms. The second kappa shape index (κ2) is 9.69. The molecule has 3 aromatic rings. The molecular formula is C24H28N4O2. The fourth-order valence-corrected chi connectivity index (χ4v) is 3.81. The molecule has 1 atom stereocenters. The number of amides is 1. The summed E-state index contributed by atoms with van der Waals surface area (Å²) in [6.45, 7) is 6.80. The summed E-state index contributed by atoms with van der Waals surface area (Å²) in [6.07, 6.45) is 0. The number of H-pyrrole nitrogens is 1. The van der Waals surface area contributed by atoms with Gasteiger partial charge in [-0.3, -0.25) is 14.8 Å². The Morgan fingerprint density at radius 2 is 1.77 bits per heavy atom. The van der Waals surface area contributed by atoms with Crippen LogP contribution in [0.4, 0.5) is 0 Å².